The zero-order chi connectivity index (χ0) is 20.4. The lowest BCUT2D eigenvalue weighted by molar-refractivity contribution is 0.0529. The van der Waals surface area contributed by atoms with Crippen molar-refractivity contribution >= 4 is 41.7 Å². The molecular weight excluding hydrogens is 437 g/mol. The summed E-state index contributed by atoms with van der Waals surface area (Å²) in [4.78, 5) is 21.4. The zero-order valence-electron chi connectivity index (χ0n) is 17.4. The van der Waals surface area contributed by atoms with Gasteiger partial charge in [0.05, 0.1) is 30.5 Å². The van der Waals surface area contributed by atoms with E-state index in [1.54, 1.807) is 38.8 Å². The summed E-state index contributed by atoms with van der Waals surface area (Å²) >= 11 is 0. The Bertz CT molecular complexity index is 1180. The fourth-order valence-electron chi connectivity index (χ4n) is 3.63. The molecule has 1 aromatic carbocycles. The summed E-state index contributed by atoms with van der Waals surface area (Å²) < 4.78 is 13.0. The van der Waals surface area contributed by atoms with Crippen LogP contribution in [0.2, 0.25) is 0 Å². The molecule has 3 aromatic heterocycles. The van der Waals surface area contributed by atoms with E-state index in [1.165, 1.54) is 0 Å². The number of ether oxygens (including phenoxy) is 2. The number of esters is 1. The Labute approximate surface area is 193 Å². The van der Waals surface area contributed by atoms with E-state index in [0.717, 1.165) is 33.3 Å². The SMILES string of the molecule is CCOC(=O)c1c(-c2cccnc2)n(C)c2cc(-c3cccnc3)c(OC)cc12.Cl.Cl. The average molecular weight is 460 g/mol. The maximum absolute atomic E-state index is 12.9. The second-order valence-electron chi connectivity index (χ2n) is 6.56. The standard InChI is InChI=1S/C23H21N3O3.2ClH/c1-4-29-23(27)21-18-12-20(28-3)17(15-7-5-9-24-13-15)11-19(18)26(2)22(21)16-8-6-10-25-14-16;;/h5-14H,4H2,1-3H3;2*1H. The Balaban J connectivity index is 0.00000171. The van der Waals surface area contributed by atoms with E-state index in [0.29, 0.717) is 17.9 Å². The van der Waals surface area contributed by atoms with E-state index in [4.69, 9.17) is 9.47 Å². The van der Waals surface area contributed by atoms with Crippen LogP contribution in [0.15, 0.2) is 61.2 Å². The predicted octanol–water partition coefficient (Wildman–Crippen LogP) is 5.33. The third-order valence-electron chi connectivity index (χ3n) is 4.91. The molecule has 3 heterocycles. The van der Waals surface area contributed by atoms with E-state index in [2.05, 4.69) is 9.97 Å². The molecule has 0 fully saturated rings. The van der Waals surface area contributed by atoms with Crippen LogP contribution in [0.1, 0.15) is 17.3 Å². The number of aromatic nitrogens is 3. The Morgan fingerprint density at radius 3 is 2.23 bits per heavy atom. The summed E-state index contributed by atoms with van der Waals surface area (Å²) in [6.07, 6.45) is 6.98. The highest BCUT2D eigenvalue weighted by molar-refractivity contribution is 6.11. The summed E-state index contributed by atoms with van der Waals surface area (Å²) in [5.41, 5.74) is 4.85. The van der Waals surface area contributed by atoms with Gasteiger partial charge in [-0.05, 0) is 37.3 Å². The molecule has 4 aromatic rings. The van der Waals surface area contributed by atoms with Gasteiger partial charge in [0.15, 0.2) is 0 Å². The highest BCUT2D eigenvalue weighted by atomic mass is 35.5. The molecule has 0 aliphatic rings. The van der Waals surface area contributed by atoms with Crippen molar-refractivity contribution in [3.05, 3.63) is 66.7 Å². The van der Waals surface area contributed by atoms with Crippen molar-refractivity contribution in [2.45, 2.75) is 6.92 Å². The largest absolute Gasteiger partial charge is 0.496 e. The summed E-state index contributed by atoms with van der Waals surface area (Å²) in [7, 11) is 3.56. The van der Waals surface area contributed by atoms with Crippen LogP contribution in [0.25, 0.3) is 33.3 Å². The third-order valence-corrected chi connectivity index (χ3v) is 4.91. The van der Waals surface area contributed by atoms with E-state index in [-0.39, 0.29) is 30.8 Å². The predicted molar refractivity (Wildman–Crippen MR) is 126 cm³/mol. The smallest absolute Gasteiger partial charge is 0.340 e. The maximum atomic E-state index is 12.9. The van der Waals surface area contributed by atoms with Crippen molar-refractivity contribution in [3.8, 4) is 28.1 Å². The topological polar surface area (TPSA) is 66.2 Å². The van der Waals surface area contributed by atoms with Crippen LogP contribution in [-0.2, 0) is 11.8 Å². The van der Waals surface area contributed by atoms with Crippen LogP contribution in [0.3, 0.4) is 0 Å². The van der Waals surface area contributed by atoms with E-state index in [9.17, 15) is 4.79 Å². The zero-order valence-corrected chi connectivity index (χ0v) is 19.0. The number of pyridine rings is 2. The molecule has 6 nitrogen and oxygen atoms in total. The first-order valence-corrected chi connectivity index (χ1v) is 9.34. The number of carbonyl (C=O) groups is 1. The first kappa shape index (κ1) is 24.2. The molecule has 0 aliphatic carbocycles. The van der Waals surface area contributed by atoms with E-state index < -0.39 is 0 Å². The Morgan fingerprint density at radius 1 is 1.03 bits per heavy atom. The third kappa shape index (κ3) is 4.36. The first-order valence-electron chi connectivity index (χ1n) is 9.34. The maximum Gasteiger partial charge on any atom is 0.340 e. The lowest BCUT2D eigenvalue weighted by Crippen LogP contribution is -2.06. The number of carbonyl (C=O) groups excluding carboxylic acids is 1. The summed E-state index contributed by atoms with van der Waals surface area (Å²) in [6.45, 7) is 2.10. The monoisotopic (exact) mass is 459 g/mol. The Morgan fingerprint density at radius 2 is 1.68 bits per heavy atom. The Kier molecular flexibility index (Phi) is 8.02. The van der Waals surface area contributed by atoms with Crippen molar-refractivity contribution in [2.24, 2.45) is 7.05 Å². The van der Waals surface area contributed by atoms with Gasteiger partial charge in [-0.25, -0.2) is 4.79 Å². The lowest BCUT2D eigenvalue weighted by atomic mass is 10.0. The summed E-state index contributed by atoms with van der Waals surface area (Å²) in [6, 6.07) is 11.6. The molecule has 8 heteroatoms. The normalized spacial score (nSPS) is 10.2. The van der Waals surface area contributed by atoms with Gasteiger partial charge in [0, 0.05) is 53.9 Å². The minimum absolute atomic E-state index is 0. The quantitative estimate of drug-likeness (QED) is 0.377. The highest BCUT2D eigenvalue weighted by Gasteiger charge is 2.25. The van der Waals surface area contributed by atoms with Gasteiger partial charge in [-0.1, -0.05) is 6.07 Å². The summed E-state index contributed by atoms with van der Waals surface area (Å²) in [5.74, 6) is 0.299. The van der Waals surface area contributed by atoms with Crippen LogP contribution < -0.4 is 4.74 Å². The lowest BCUT2D eigenvalue weighted by Gasteiger charge is -2.10. The molecular formula is C23H23Cl2N3O3. The van der Waals surface area contributed by atoms with Crippen molar-refractivity contribution in [3.63, 3.8) is 0 Å². The molecule has 0 spiro atoms. The summed E-state index contributed by atoms with van der Waals surface area (Å²) in [5, 5.41) is 0.772. The van der Waals surface area contributed by atoms with E-state index >= 15 is 0 Å². The van der Waals surface area contributed by atoms with Crippen molar-refractivity contribution in [2.75, 3.05) is 13.7 Å². The van der Waals surface area contributed by atoms with E-state index in [1.807, 2.05) is 48.0 Å². The number of hydrogen-bond donors (Lipinski definition) is 0. The van der Waals surface area contributed by atoms with Crippen LogP contribution in [-0.4, -0.2) is 34.2 Å². The van der Waals surface area contributed by atoms with Gasteiger partial charge in [-0.3, -0.25) is 9.97 Å². The number of halogens is 2. The van der Waals surface area contributed by atoms with Crippen molar-refractivity contribution in [1.82, 2.24) is 14.5 Å². The molecule has 0 radical (unpaired) electrons. The number of aryl methyl sites for hydroxylation is 1. The number of rotatable bonds is 5. The van der Waals surface area contributed by atoms with Gasteiger partial charge in [0.2, 0.25) is 0 Å². The molecule has 0 N–H and O–H groups in total. The number of hydrogen-bond acceptors (Lipinski definition) is 5. The molecule has 0 unspecified atom stereocenters. The molecule has 0 atom stereocenters. The second kappa shape index (κ2) is 10.3. The van der Waals surface area contributed by atoms with Gasteiger partial charge in [0.1, 0.15) is 5.75 Å². The van der Waals surface area contributed by atoms with Gasteiger partial charge in [-0.15, -0.1) is 24.8 Å². The van der Waals surface area contributed by atoms with Crippen molar-refractivity contribution in [1.29, 1.82) is 0 Å². The number of nitrogens with zero attached hydrogens (tertiary/aromatic N) is 3. The first-order chi connectivity index (χ1) is 14.2. The van der Waals surface area contributed by atoms with Crippen LogP contribution in [0.5, 0.6) is 5.75 Å². The van der Waals surface area contributed by atoms with Crippen LogP contribution >= 0.6 is 24.8 Å². The minimum atomic E-state index is -0.367. The molecule has 31 heavy (non-hydrogen) atoms. The van der Waals surface area contributed by atoms with Gasteiger partial charge >= 0.3 is 5.97 Å². The van der Waals surface area contributed by atoms with Crippen LogP contribution in [0.4, 0.5) is 0 Å². The fraction of sp³-hybridized carbons (Fsp3) is 0.174. The molecule has 4 rings (SSSR count). The van der Waals surface area contributed by atoms with Crippen molar-refractivity contribution < 1.29 is 14.3 Å². The molecule has 162 valence electrons. The second-order valence-corrected chi connectivity index (χ2v) is 6.56. The minimum Gasteiger partial charge on any atom is -0.496 e. The van der Waals surface area contributed by atoms with Gasteiger partial charge in [-0.2, -0.15) is 0 Å². The average Bonchev–Trinajstić information content (AvgIpc) is 3.06. The Hall–Kier alpha value is -3.09. The number of methoxy groups -OCH3 is 1. The fourth-order valence-corrected chi connectivity index (χ4v) is 3.63. The highest BCUT2D eigenvalue weighted by Crippen LogP contribution is 2.40. The molecule has 0 bridgehead atoms. The molecule has 0 saturated heterocycles. The number of benzene rings is 1. The molecule has 0 amide bonds. The van der Waals surface area contributed by atoms with Crippen LogP contribution in [0, 0.1) is 0 Å². The van der Waals surface area contributed by atoms with Gasteiger partial charge < -0.3 is 14.0 Å². The number of fused-ring (bicyclic) bond motifs is 1. The molecule has 0 saturated carbocycles. The molecule has 0 aliphatic heterocycles. The van der Waals surface area contributed by atoms with Gasteiger partial charge in [0.25, 0.3) is 0 Å².